The number of H-pyrrole nitrogens is 1. The Bertz CT molecular complexity index is 1880. The summed E-state index contributed by atoms with van der Waals surface area (Å²) in [6.07, 6.45) is 7.61. The van der Waals surface area contributed by atoms with Crippen molar-refractivity contribution in [1.29, 1.82) is 0 Å². The van der Waals surface area contributed by atoms with E-state index in [0.29, 0.717) is 66.6 Å². The second-order valence-corrected chi connectivity index (χ2v) is 13.4. The Balaban J connectivity index is 1.23. The molecule has 4 aromatic rings. The van der Waals surface area contributed by atoms with Gasteiger partial charge in [0.1, 0.15) is 35.6 Å². The molecule has 45 heavy (non-hydrogen) atoms. The van der Waals surface area contributed by atoms with Crippen molar-refractivity contribution in [2.45, 2.75) is 56.0 Å². The van der Waals surface area contributed by atoms with Gasteiger partial charge in [0.15, 0.2) is 5.82 Å². The van der Waals surface area contributed by atoms with E-state index in [0.717, 1.165) is 61.5 Å². The molecule has 0 amide bonds. The van der Waals surface area contributed by atoms with Gasteiger partial charge in [0.2, 0.25) is 5.88 Å². The highest BCUT2D eigenvalue weighted by Gasteiger charge is 2.47. The third kappa shape index (κ3) is 4.39. The number of hydrogen-bond donors (Lipinski definition) is 1. The fraction of sp³-hybridized carbons (Fsp3) is 0.500. The Morgan fingerprint density at radius 2 is 2.09 bits per heavy atom. The molecule has 0 radical (unpaired) electrons. The molecule has 3 aromatic heterocycles. The van der Waals surface area contributed by atoms with E-state index in [2.05, 4.69) is 20.0 Å². The highest BCUT2D eigenvalue weighted by molar-refractivity contribution is 6.33. The number of pyridine rings is 1. The molecule has 4 aliphatic heterocycles. The van der Waals surface area contributed by atoms with E-state index < -0.39 is 5.82 Å². The zero-order valence-corrected chi connectivity index (χ0v) is 25.4. The SMILES string of the molecule is F/C=C1/CN2CCC[C@@]2(COc2nc3c4c(nc(-c5c(C6CC6)c(Cl)cc6[nH]ncc56)c(F)c4n2)OC[C@@H]2COCCCN32)C1. The Morgan fingerprint density at radius 1 is 1.18 bits per heavy atom. The maximum atomic E-state index is 17.1. The van der Waals surface area contributed by atoms with Crippen LogP contribution in [-0.4, -0.2) is 87.7 Å². The fourth-order valence-electron chi connectivity index (χ4n) is 7.82. The summed E-state index contributed by atoms with van der Waals surface area (Å²) in [6, 6.07) is 1.77. The van der Waals surface area contributed by atoms with Crippen LogP contribution in [0, 0.1) is 5.82 Å². The van der Waals surface area contributed by atoms with E-state index in [1.807, 2.05) is 6.07 Å². The van der Waals surface area contributed by atoms with Gasteiger partial charge < -0.3 is 19.1 Å². The number of benzene rings is 1. The summed E-state index contributed by atoms with van der Waals surface area (Å²) in [7, 11) is 0. The van der Waals surface area contributed by atoms with Crippen molar-refractivity contribution < 1.29 is 23.0 Å². The van der Waals surface area contributed by atoms with Crippen molar-refractivity contribution >= 4 is 39.2 Å². The summed E-state index contributed by atoms with van der Waals surface area (Å²) in [4.78, 5) is 18.8. The van der Waals surface area contributed by atoms with E-state index in [4.69, 9.17) is 40.8 Å². The molecule has 4 fully saturated rings. The number of aromatic amines is 1. The van der Waals surface area contributed by atoms with Crippen LogP contribution < -0.4 is 14.4 Å². The average Bonchev–Trinajstić information content (AvgIpc) is 3.62. The third-order valence-electron chi connectivity index (χ3n) is 10.1. The van der Waals surface area contributed by atoms with E-state index in [1.54, 1.807) is 6.20 Å². The lowest BCUT2D eigenvalue weighted by molar-refractivity contribution is 0.108. The number of nitrogens with zero attached hydrogens (tertiary/aromatic N) is 6. The molecule has 5 aliphatic rings. The molecule has 9 rings (SSSR count). The monoisotopic (exact) mass is 635 g/mol. The molecule has 1 aromatic carbocycles. The highest BCUT2D eigenvalue weighted by atomic mass is 35.5. The Morgan fingerprint density at radius 3 is 2.96 bits per heavy atom. The first-order chi connectivity index (χ1) is 22.0. The molecule has 0 unspecified atom stereocenters. The van der Waals surface area contributed by atoms with Gasteiger partial charge in [-0.1, -0.05) is 11.6 Å². The second-order valence-electron chi connectivity index (χ2n) is 13.0. The van der Waals surface area contributed by atoms with Gasteiger partial charge in [-0.25, -0.2) is 13.8 Å². The Kier molecular flexibility index (Phi) is 6.44. The van der Waals surface area contributed by atoms with Crippen molar-refractivity contribution in [3.05, 3.63) is 40.6 Å². The van der Waals surface area contributed by atoms with E-state index in [-0.39, 0.29) is 47.2 Å². The summed E-state index contributed by atoms with van der Waals surface area (Å²) >= 11 is 6.82. The number of hydrogen-bond acceptors (Lipinski definition) is 9. The van der Waals surface area contributed by atoms with Gasteiger partial charge >= 0.3 is 6.01 Å². The molecule has 0 spiro atoms. The van der Waals surface area contributed by atoms with Crippen LogP contribution in [-0.2, 0) is 4.74 Å². The largest absolute Gasteiger partial charge is 0.475 e. The summed E-state index contributed by atoms with van der Waals surface area (Å²) in [6.45, 7) is 3.76. The summed E-state index contributed by atoms with van der Waals surface area (Å²) < 4.78 is 49.3. The lowest BCUT2D eigenvalue weighted by Gasteiger charge is -2.31. The van der Waals surface area contributed by atoms with Crippen LogP contribution in [0.5, 0.6) is 11.9 Å². The Labute approximate surface area is 262 Å². The number of fused-ring (bicyclic) bond motifs is 4. The van der Waals surface area contributed by atoms with Crippen LogP contribution in [0.1, 0.15) is 50.0 Å². The van der Waals surface area contributed by atoms with E-state index in [1.165, 1.54) is 0 Å². The van der Waals surface area contributed by atoms with Crippen molar-refractivity contribution in [2.24, 2.45) is 0 Å². The molecule has 1 saturated carbocycles. The first-order valence-corrected chi connectivity index (χ1v) is 16.1. The molecule has 234 valence electrons. The van der Waals surface area contributed by atoms with Crippen molar-refractivity contribution in [3.8, 4) is 23.1 Å². The molecular weight excluding hydrogens is 604 g/mol. The van der Waals surface area contributed by atoms with E-state index in [9.17, 15) is 4.39 Å². The zero-order valence-electron chi connectivity index (χ0n) is 24.6. The normalized spacial score (nSPS) is 25.8. The van der Waals surface area contributed by atoms with Crippen LogP contribution in [0.25, 0.3) is 33.1 Å². The van der Waals surface area contributed by atoms with Crippen LogP contribution in [0.3, 0.4) is 0 Å². The maximum absolute atomic E-state index is 17.1. The number of anilines is 1. The zero-order chi connectivity index (χ0) is 30.3. The fourth-order valence-corrected chi connectivity index (χ4v) is 8.18. The first-order valence-electron chi connectivity index (χ1n) is 15.7. The van der Waals surface area contributed by atoms with Gasteiger partial charge in [-0.05, 0) is 68.2 Å². The quantitative estimate of drug-likeness (QED) is 0.296. The molecule has 1 N–H and O–H groups in total. The summed E-state index contributed by atoms with van der Waals surface area (Å²) in [5, 5.41) is 8.91. The molecule has 1 aliphatic carbocycles. The van der Waals surface area contributed by atoms with Gasteiger partial charge in [0.25, 0.3) is 0 Å². The van der Waals surface area contributed by atoms with Gasteiger partial charge in [0, 0.05) is 35.7 Å². The van der Waals surface area contributed by atoms with E-state index >= 15 is 4.39 Å². The number of nitrogens with one attached hydrogen (secondary N) is 1. The van der Waals surface area contributed by atoms with Gasteiger partial charge in [-0.3, -0.25) is 10.00 Å². The minimum atomic E-state index is -0.591. The third-order valence-corrected chi connectivity index (χ3v) is 10.4. The summed E-state index contributed by atoms with van der Waals surface area (Å²) in [5.74, 6) is 0.408. The van der Waals surface area contributed by atoms with Crippen LogP contribution in [0.2, 0.25) is 5.02 Å². The average molecular weight is 636 g/mol. The molecular formula is C32H32ClF2N7O3. The minimum absolute atomic E-state index is 0.0752. The molecule has 13 heteroatoms. The van der Waals surface area contributed by atoms with Crippen LogP contribution in [0.4, 0.5) is 14.6 Å². The van der Waals surface area contributed by atoms with Crippen molar-refractivity contribution in [2.75, 3.05) is 51.0 Å². The maximum Gasteiger partial charge on any atom is 0.319 e. The molecule has 3 saturated heterocycles. The van der Waals surface area contributed by atoms with Crippen molar-refractivity contribution in [1.82, 2.24) is 30.0 Å². The minimum Gasteiger partial charge on any atom is -0.475 e. The summed E-state index contributed by atoms with van der Waals surface area (Å²) in [5.41, 5.74) is 2.80. The Hall–Kier alpha value is -3.61. The smallest absolute Gasteiger partial charge is 0.319 e. The first kappa shape index (κ1) is 27.7. The molecule has 10 nitrogen and oxygen atoms in total. The van der Waals surface area contributed by atoms with Gasteiger partial charge in [0.05, 0.1) is 36.2 Å². The number of rotatable bonds is 5. The standard InChI is InChI=1S/C32H32ClF2N7O3/c33-21-9-22-20(12-36-40-22)24(23(21)18-3-4-18)27-26(35)28-25-29(42-7-2-8-43-14-19(42)15-44-30(25)37-27)39-31(38-28)45-16-32-5-1-6-41(32)13-17(10-32)11-34/h9,11-12,18-19H,1-8,10,13-16H2,(H,36,40)/b17-11+/t19-,32-/m0/s1. The lowest BCUT2D eigenvalue weighted by Crippen LogP contribution is -2.43. The molecule has 0 bridgehead atoms. The predicted octanol–water partition coefficient (Wildman–Crippen LogP) is 5.70. The molecule has 7 heterocycles. The van der Waals surface area contributed by atoms with Gasteiger partial charge in [-0.15, -0.1) is 0 Å². The van der Waals surface area contributed by atoms with Crippen molar-refractivity contribution in [3.63, 3.8) is 0 Å². The van der Waals surface area contributed by atoms with Gasteiger partial charge in [-0.2, -0.15) is 15.1 Å². The van der Waals surface area contributed by atoms with Crippen LogP contribution >= 0.6 is 11.6 Å². The predicted molar refractivity (Wildman–Crippen MR) is 164 cm³/mol. The highest BCUT2D eigenvalue weighted by Crippen LogP contribution is 2.51. The topological polar surface area (TPSA) is 102 Å². The number of aromatic nitrogens is 5. The lowest BCUT2D eigenvalue weighted by atomic mass is 9.94. The molecule has 2 atom stereocenters. The number of halogens is 3. The van der Waals surface area contributed by atoms with Crippen LogP contribution in [0.15, 0.2) is 24.2 Å². The number of ether oxygens (including phenoxy) is 3. The second kappa shape index (κ2) is 10.5.